The van der Waals surface area contributed by atoms with Gasteiger partial charge >= 0.3 is 5.97 Å². The van der Waals surface area contributed by atoms with Gasteiger partial charge in [-0.25, -0.2) is 0 Å². The molecule has 1 spiro atoms. The Hall–Kier alpha value is -0.570. The summed E-state index contributed by atoms with van der Waals surface area (Å²) >= 11 is 0. The summed E-state index contributed by atoms with van der Waals surface area (Å²) in [6, 6.07) is 0. The van der Waals surface area contributed by atoms with Crippen molar-refractivity contribution >= 4 is 5.97 Å². The van der Waals surface area contributed by atoms with E-state index in [2.05, 4.69) is 5.32 Å². The van der Waals surface area contributed by atoms with Crippen LogP contribution >= 0.6 is 0 Å². The predicted octanol–water partition coefficient (Wildman–Crippen LogP) is 0.159. The molecule has 1 N–H and O–H groups in total. The Morgan fingerprint density at radius 1 is 1.73 bits per heavy atom. The van der Waals surface area contributed by atoms with Gasteiger partial charge in [0.05, 0.1) is 13.0 Å². The number of nitrogens with one attached hydrogen (secondary N) is 1. The van der Waals surface area contributed by atoms with E-state index >= 15 is 0 Å². The molecule has 2 rings (SSSR count). The lowest BCUT2D eigenvalue weighted by Gasteiger charge is -2.04. The average molecular weight is 155 g/mol. The molecule has 2 aliphatic rings. The molecule has 0 aromatic heterocycles. The van der Waals surface area contributed by atoms with Gasteiger partial charge in [-0.15, -0.1) is 0 Å². The highest BCUT2D eigenvalue weighted by molar-refractivity contribution is 5.77. The summed E-state index contributed by atoms with van der Waals surface area (Å²) in [6.07, 6.45) is 2.18. The van der Waals surface area contributed by atoms with E-state index in [1.165, 1.54) is 7.11 Å². The van der Waals surface area contributed by atoms with Crippen LogP contribution in [0.25, 0.3) is 0 Å². The van der Waals surface area contributed by atoms with Crippen LogP contribution in [0.15, 0.2) is 0 Å². The van der Waals surface area contributed by atoms with Crippen molar-refractivity contribution < 1.29 is 9.53 Å². The molecule has 1 saturated carbocycles. The zero-order chi connectivity index (χ0) is 7.90. The molecule has 0 aromatic rings. The Bertz CT molecular complexity index is 185. The van der Waals surface area contributed by atoms with Crippen molar-refractivity contribution in [2.24, 2.45) is 11.3 Å². The number of ether oxygens (including phenoxy) is 1. The van der Waals surface area contributed by atoms with Crippen molar-refractivity contribution in [1.29, 1.82) is 0 Å². The van der Waals surface area contributed by atoms with Gasteiger partial charge in [-0.3, -0.25) is 4.79 Å². The first-order chi connectivity index (χ1) is 5.28. The first kappa shape index (κ1) is 7.10. The van der Waals surface area contributed by atoms with E-state index in [9.17, 15) is 4.79 Å². The third-order valence-electron chi connectivity index (χ3n) is 2.95. The highest BCUT2D eigenvalue weighted by Crippen LogP contribution is 2.56. The topological polar surface area (TPSA) is 38.3 Å². The summed E-state index contributed by atoms with van der Waals surface area (Å²) in [5, 5.41) is 3.28. The van der Waals surface area contributed by atoms with E-state index in [1.807, 2.05) is 0 Å². The van der Waals surface area contributed by atoms with E-state index in [-0.39, 0.29) is 11.9 Å². The van der Waals surface area contributed by atoms with Gasteiger partial charge in [-0.05, 0) is 24.8 Å². The first-order valence-corrected chi connectivity index (χ1v) is 4.07. The fourth-order valence-corrected chi connectivity index (χ4v) is 2.06. The van der Waals surface area contributed by atoms with Gasteiger partial charge in [0, 0.05) is 6.54 Å². The maximum absolute atomic E-state index is 11.1. The molecule has 1 saturated heterocycles. The van der Waals surface area contributed by atoms with E-state index in [4.69, 9.17) is 4.74 Å². The maximum Gasteiger partial charge on any atom is 0.309 e. The summed E-state index contributed by atoms with van der Waals surface area (Å²) in [4.78, 5) is 11.1. The zero-order valence-electron chi connectivity index (χ0n) is 6.72. The number of methoxy groups -OCH3 is 1. The van der Waals surface area contributed by atoms with Gasteiger partial charge in [0.2, 0.25) is 0 Å². The Kier molecular flexibility index (Phi) is 1.42. The second-order valence-electron chi connectivity index (χ2n) is 3.57. The van der Waals surface area contributed by atoms with E-state index in [1.54, 1.807) is 0 Å². The average Bonchev–Trinajstić information content (AvgIpc) is 2.48. The highest BCUT2D eigenvalue weighted by Gasteiger charge is 2.59. The summed E-state index contributed by atoms with van der Waals surface area (Å²) in [7, 11) is 1.47. The summed E-state index contributed by atoms with van der Waals surface area (Å²) in [5.41, 5.74) is 0.299. The zero-order valence-corrected chi connectivity index (χ0v) is 6.72. The standard InChI is InChI=1S/C8H13NO2/c1-11-7(10)6-4-8(6)2-3-9-5-8/h6,9H,2-5H2,1H3. The molecule has 2 fully saturated rings. The first-order valence-electron chi connectivity index (χ1n) is 4.07. The van der Waals surface area contributed by atoms with Crippen LogP contribution in [0.2, 0.25) is 0 Å². The molecular formula is C8H13NO2. The Labute approximate surface area is 66.1 Å². The van der Waals surface area contributed by atoms with Crippen molar-refractivity contribution in [2.45, 2.75) is 12.8 Å². The van der Waals surface area contributed by atoms with Gasteiger partial charge in [0.25, 0.3) is 0 Å². The van der Waals surface area contributed by atoms with Crippen LogP contribution in [-0.2, 0) is 9.53 Å². The van der Waals surface area contributed by atoms with Gasteiger partial charge in [-0.2, -0.15) is 0 Å². The van der Waals surface area contributed by atoms with E-state index in [0.29, 0.717) is 5.41 Å². The van der Waals surface area contributed by atoms with Gasteiger partial charge in [0.1, 0.15) is 0 Å². The molecule has 1 aliphatic heterocycles. The molecule has 62 valence electrons. The summed E-state index contributed by atoms with van der Waals surface area (Å²) in [6.45, 7) is 2.07. The normalized spacial score (nSPS) is 41.0. The number of rotatable bonds is 1. The molecule has 2 unspecified atom stereocenters. The van der Waals surface area contributed by atoms with Crippen molar-refractivity contribution in [2.75, 3.05) is 20.2 Å². The lowest BCUT2D eigenvalue weighted by molar-refractivity contribution is -0.143. The molecule has 2 atom stereocenters. The Morgan fingerprint density at radius 3 is 3.09 bits per heavy atom. The molecule has 3 nitrogen and oxygen atoms in total. The fraction of sp³-hybridized carbons (Fsp3) is 0.875. The van der Waals surface area contributed by atoms with Crippen molar-refractivity contribution in [3.63, 3.8) is 0 Å². The van der Waals surface area contributed by atoms with Crippen LogP contribution in [0.3, 0.4) is 0 Å². The minimum atomic E-state index is -0.0197. The Morgan fingerprint density at radius 2 is 2.55 bits per heavy atom. The molecular weight excluding hydrogens is 142 g/mol. The van der Waals surface area contributed by atoms with E-state index in [0.717, 1.165) is 25.9 Å². The van der Waals surface area contributed by atoms with E-state index < -0.39 is 0 Å². The van der Waals surface area contributed by atoms with Crippen LogP contribution in [0.4, 0.5) is 0 Å². The monoisotopic (exact) mass is 155 g/mol. The highest BCUT2D eigenvalue weighted by atomic mass is 16.5. The predicted molar refractivity (Wildman–Crippen MR) is 40.0 cm³/mol. The van der Waals surface area contributed by atoms with Crippen LogP contribution in [0.5, 0.6) is 0 Å². The smallest absolute Gasteiger partial charge is 0.309 e. The number of esters is 1. The molecule has 0 bridgehead atoms. The molecule has 11 heavy (non-hydrogen) atoms. The number of hydrogen-bond acceptors (Lipinski definition) is 3. The van der Waals surface area contributed by atoms with Gasteiger partial charge in [0.15, 0.2) is 0 Å². The lowest BCUT2D eigenvalue weighted by atomic mass is 10.0. The third kappa shape index (κ3) is 0.948. The molecule has 1 heterocycles. The SMILES string of the molecule is COC(=O)C1CC12CCNC2. The quantitative estimate of drug-likeness (QED) is 0.548. The van der Waals surface area contributed by atoms with Gasteiger partial charge in [-0.1, -0.05) is 0 Å². The molecule has 1 aliphatic carbocycles. The van der Waals surface area contributed by atoms with Crippen LogP contribution in [-0.4, -0.2) is 26.2 Å². The molecule has 3 heteroatoms. The molecule has 0 amide bonds. The van der Waals surface area contributed by atoms with Gasteiger partial charge < -0.3 is 10.1 Å². The summed E-state index contributed by atoms with van der Waals surface area (Å²) < 4.78 is 4.69. The minimum absolute atomic E-state index is 0.0197. The third-order valence-corrected chi connectivity index (χ3v) is 2.95. The largest absolute Gasteiger partial charge is 0.469 e. The van der Waals surface area contributed by atoms with Crippen molar-refractivity contribution in [3.8, 4) is 0 Å². The van der Waals surface area contributed by atoms with Crippen LogP contribution in [0, 0.1) is 11.3 Å². The Balaban J connectivity index is 1.97. The van der Waals surface area contributed by atoms with Crippen molar-refractivity contribution in [1.82, 2.24) is 5.32 Å². The fourth-order valence-electron chi connectivity index (χ4n) is 2.06. The second kappa shape index (κ2) is 2.21. The lowest BCUT2D eigenvalue weighted by Crippen LogP contribution is -2.15. The van der Waals surface area contributed by atoms with Crippen molar-refractivity contribution in [3.05, 3.63) is 0 Å². The molecule has 0 radical (unpaired) electrons. The maximum atomic E-state index is 11.1. The number of carbonyl (C=O) groups is 1. The molecule has 0 aromatic carbocycles. The van der Waals surface area contributed by atoms with Crippen LogP contribution in [0.1, 0.15) is 12.8 Å². The minimum Gasteiger partial charge on any atom is -0.469 e. The number of hydrogen-bond donors (Lipinski definition) is 1. The number of carbonyl (C=O) groups excluding carboxylic acids is 1. The van der Waals surface area contributed by atoms with Crippen LogP contribution < -0.4 is 5.32 Å². The summed E-state index contributed by atoms with van der Waals surface area (Å²) in [5.74, 6) is 0.177. The second-order valence-corrected chi connectivity index (χ2v) is 3.57.